The summed E-state index contributed by atoms with van der Waals surface area (Å²) in [5, 5.41) is 1.47. The molecule has 1 heterocycles. The number of nitrogens with zero attached hydrogens (tertiary/aromatic N) is 1. The van der Waals surface area contributed by atoms with Crippen molar-refractivity contribution in [3.63, 3.8) is 0 Å². The number of allylic oxidation sites excluding steroid dienone is 3. The van der Waals surface area contributed by atoms with Gasteiger partial charge in [0.15, 0.2) is 0 Å². The first-order chi connectivity index (χ1) is 9.74. The molecule has 0 bridgehead atoms. The molecule has 106 valence electrons. The fourth-order valence-corrected chi connectivity index (χ4v) is 2.22. The van der Waals surface area contributed by atoms with E-state index in [1.807, 2.05) is 49.4 Å². The number of hydrogen-bond donors (Lipinski definition) is 0. The highest BCUT2D eigenvalue weighted by Crippen LogP contribution is 2.25. The standard InChI is InChI=1S/C17H21NO2/c1-3-14(4-2)10-11-16-12-18(17(16)19)20-13-15-8-6-5-7-9-15/h3-9,16H,1,10-13H2,2H3/b14-4+/t16-/m1/s1. The monoisotopic (exact) mass is 271 g/mol. The number of hydrogen-bond acceptors (Lipinski definition) is 2. The average Bonchev–Trinajstić information content (AvgIpc) is 2.50. The Hall–Kier alpha value is -1.87. The summed E-state index contributed by atoms with van der Waals surface area (Å²) in [6, 6.07) is 9.88. The molecule has 0 aromatic heterocycles. The second-order valence-electron chi connectivity index (χ2n) is 4.96. The highest BCUT2D eigenvalue weighted by molar-refractivity contribution is 5.83. The third kappa shape index (κ3) is 3.58. The first kappa shape index (κ1) is 14.5. The van der Waals surface area contributed by atoms with Crippen LogP contribution >= 0.6 is 0 Å². The van der Waals surface area contributed by atoms with Gasteiger partial charge in [0.1, 0.15) is 6.61 Å². The highest BCUT2D eigenvalue weighted by Gasteiger charge is 2.37. The van der Waals surface area contributed by atoms with Gasteiger partial charge in [-0.05, 0) is 25.3 Å². The molecule has 0 saturated carbocycles. The minimum Gasteiger partial charge on any atom is -0.272 e. The molecule has 1 aliphatic heterocycles. The molecule has 0 N–H and O–H groups in total. The van der Waals surface area contributed by atoms with Crippen molar-refractivity contribution < 1.29 is 9.63 Å². The summed E-state index contributed by atoms with van der Waals surface area (Å²) in [7, 11) is 0. The van der Waals surface area contributed by atoms with Crippen LogP contribution in [0.15, 0.2) is 54.6 Å². The van der Waals surface area contributed by atoms with E-state index in [4.69, 9.17) is 4.84 Å². The van der Waals surface area contributed by atoms with Crippen LogP contribution in [-0.4, -0.2) is 17.5 Å². The Labute approximate surface area is 120 Å². The molecule has 20 heavy (non-hydrogen) atoms. The minimum absolute atomic E-state index is 0.0976. The Morgan fingerprint density at radius 1 is 1.45 bits per heavy atom. The molecule has 0 unspecified atom stereocenters. The molecule has 1 fully saturated rings. The zero-order valence-corrected chi connectivity index (χ0v) is 11.9. The molecule has 0 radical (unpaired) electrons. The van der Waals surface area contributed by atoms with Crippen LogP contribution in [0.25, 0.3) is 0 Å². The van der Waals surface area contributed by atoms with E-state index in [0.29, 0.717) is 13.2 Å². The van der Waals surface area contributed by atoms with Gasteiger partial charge in [0.05, 0.1) is 12.5 Å². The van der Waals surface area contributed by atoms with Crippen molar-refractivity contribution in [3.8, 4) is 0 Å². The maximum atomic E-state index is 11.9. The number of benzene rings is 1. The number of β-lactam (4-membered cyclic amide) rings is 1. The van der Waals surface area contributed by atoms with Gasteiger partial charge in [-0.1, -0.05) is 54.6 Å². The molecule has 0 spiro atoms. The summed E-state index contributed by atoms with van der Waals surface area (Å²) >= 11 is 0. The predicted octanol–water partition coefficient (Wildman–Crippen LogP) is 3.49. The van der Waals surface area contributed by atoms with E-state index in [1.54, 1.807) is 0 Å². The van der Waals surface area contributed by atoms with Crippen molar-refractivity contribution in [2.45, 2.75) is 26.4 Å². The lowest BCUT2D eigenvalue weighted by Gasteiger charge is -2.37. The van der Waals surface area contributed by atoms with Crippen LogP contribution in [0.2, 0.25) is 0 Å². The van der Waals surface area contributed by atoms with Crippen LogP contribution in [0.4, 0.5) is 0 Å². The molecule has 1 aliphatic rings. The van der Waals surface area contributed by atoms with Crippen LogP contribution < -0.4 is 0 Å². The predicted molar refractivity (Wildman–Crippen MR) is 79.6 cm³/mol. The van der Waals surface area contributed by atoms with Crippen LogP contribution in [0.1, 0.15) is 25.3 Å². The Balaban J connectivity index is 1.71. The fourth-order valence-electron chi connectivity index (χ4n) is 2.22. The number of hydroxylamine groups is 2. The molecular formula is C17H21NO2. The normalized spacial score (nSPS) is 18.9. The lowest BCUT2D eigenvalue weighted by molar-refractivity contribution is -0.226. The molecule has 1 aromatic rings. The SMILES string of the molecule is C=C/C(=C\C)CC[C@@H]1CN(OCc2ccccc2)C1=O. The lowest BCUT2D eigenvalue weighted by Crippen LogP contribution is -2.51. The topological polar surface area (TPSA) is 29.5 Å². The van der Waals surface area contributed by atoms with Crippen molar-refractivity contribution in [2.24, 2.45) is 5.92 Å². The molecule has 1 amide bonds. The van der Waals surface area contributed by atoms with E-state index >= 15 is 0 Å². The largest absolute Gasteiger partial charge is 0.272 e. The van der Waals surface area contributed by atoms with Crippen LogP contribution in [0.5, 0.6) is 0 Å². The summed E-state index contributed by atoms with van der Waals surface area (Å²) < 4.78 is 0. The van der Waals surface area contributed by atoms with Crippen molar-refractivity contribution in [1.29, 1.82) is 0 Å². The quantitative estimate of drug-likeness (QED) is 0.561. The van der Waals surface area contributed by atoms with Crippen molar-refractivity contribution in [1.82, 2.24) is 5.06 Å². The molecule has 1 saturated heterocycles. The molecule has 3 nitrogen and oxygen atoms in total. The van der Waals surface area contributed by atoms with Gasteiger partial charge in [-0.3, -0.25) is 9.63 Å². The van der Waals surface area contributed by atoms with Gasteiger partial charge in [-0.15, -0.1) is 0 Å². The fraction of sp³-hybridized carbons (Fsp3) is 0.353. The zero-order chi connectivity index (χ0) is 14.4. The van der Waals surface area contributed by atoms with E-state index in [2.05, 4.69) is 6.58 Å². The summed E-state index contributed by atoms with van der Waals surface area (Å²) in [5.41, 5.74) is 2.27. The molecule has 2 rings (SSSR count). The molecule has 0 aliphatic carbocycles. The Kier molecular flexibility index (Phi) is 5.13. The summed E-state index contributed by atoms with van der Waals surface area (Å²) in [5.74, 6) is 0.195. The third-order valence-electron chi connectivity index (χ3n) is 3.63. The van der Waals surface area contributed by atoms with Crippen LogP contribution in [0.3, 0.4) is 0 Å². The third-order valence-corrected chi connectivity index (χ3v) is 3.63. The zero-order valence-electron chi connectivity index (χ0n) is 11.9. The van der Waals surface area contributed by atoms with Gasteiger partial charge in [0, 0.05) is 0 Å². The van der Waals surface area contributed by atoms with Gasteiger partial charge in [0.25, 0.3) is 5.91 Å². The van der Waals surface area contributed by atoms with Crippen molar-refractivity contribution >= 4 is 5.91 Å². The Morgan fingerprint density at radius 2 is 2.20 bits per heavy atom. The second-order valence-corrected chi connectivity index (χ2v) is 4.96. The number of rotatable bonds is 7. The van der Waals surface area contributed by atoms with E-state index in [0.717, 1.165) is 18.4 Å². The van der Waals surface area contributed by atoms with Crippen molar-refractivity contribution in [3.05, 3.63) is 60.2 Å². The van der Waals surface area contributed by atoms with E-state index in [1.165, 1.54) is 10.6 Å². The van der Waals surface area contributed by atoms with Gasteiger partial charge < -0.3 is 0 Å². The number of carbonyl (C=O) groups excluding carboxylic acids is 1. The van der Waals surface area contributed by atoms with Crippen LogP contribution in [-0.2, 0) is 16.2 Å². The maximum Gasteiger partial charge on any atom is 0.251 e. The maximum absolute atomic E-state index is 11.9. The van der Waals surface area contributed by atoms with Gasteiger partial charge >= 0.3 is 0 Å². The number of carbonyl (C=O) groups is 1. The summed E-state index contributed by atoms with van der Waals surface area (Å²) in [6.07, 6.45) is 5.67. The second kappa shape index (κ2) is 7.06. The van der Waals surface area contributed by atoms with E-state index in [9.17, 15) is 4.79 Å². The molecular weight excluding hydrogens is 250 g/mol. The lowest BCUT2D eigenvalue weighted by atomic mass is 9.93. The molecule has 1 aromatic carbocycles. The molecule has 1 atom stereocenters. The summed E-state index contributed by atoms with van der Waals surface area (Å²) in [6.45, 7) is 6.90. The van der Waals surface area contributed by atoms with E-state index in [-0.39, 0.29) is 11.8 Å². The van der Waals surface area contributed by atoms with E-state index < -0.39 is 0 Å². The van der Waals surface area contributed by atoms with Crippen LogP contribution in [0, 0.1) is 5.92 Å². The summed E-state index contributed by atoms with van der Waals surface area (Å²) in [4.78, 5) is 17.4. The molecule has 3 heteroatoms. The van der Waals surface area contributed by atoms with Crippen molar-refractivity contribution in [2.75, 3.05) is 6.54 Å². The average molecular weight is 271 g/mol. The minimum atomic E-state index is 0.0976. The first-order valence-electron chi connectivity index (χ1n) is 7.00. The van der Waals surface area contributed by atoms with Gasteiger partial charge in [-0.25, -0.2) is 5.06 Å². The van der Waals surface area contributed by atoms with Gasteiger partial charge in [-0.2, -0.15) is 0 Å². The number of amides is 1. The Bertz CT molecular complexity index is 493. The highest BCUT2D eigenvalue weighted by atomic mass is 16.7. The van der Waals surface area contributed by atoms with Gasteiger partial charge in [0.2, 0.25) is 0 Å². The Morgan fingerprint density at radius 3 is 2.80 bits per heavy atom. The first-order valence-corrected chi connectivity index (χ1v) is 7.00. The smallest absolute Gasteiger partial charge is 0.251 e.